The van der Waals surface area contributed by atoms with Crippen LogP contribution in [-0.2, 0) is 4.74 Å². The van der Waals surface area contributed by atoms with Gasteiger partial charge in [-0.15, -0.1) is 0 Å². The molecule has 0 saturated carbocycles. The van der Waals surface area contributed by atoms with Crippen LogP contribution in [0, 0.1) is 12.7 Å². The minimum atomic E-state index is -0.500. The number of esters is 1. The molecule has 2 aromatic rings. The molecule has 3 N–H and O–H groups in total. The van der Waals surface area contributed by atoms with Crippen LogP contribution in [0.1, 0.15) is 22.8 Å². The van der Waals surface area contributed by atoms with E-state index in [0.29, 0.717) is 11.4 Å². The molecule has 0 aromatic heterocycles. The highest BCUT2D eigenvalue weighted by Gasteiger charge is 2.14. The second kappa shape index (κ2) is 6.26. The minimum absolute atomic E-state index is 0.256. The second-order valence-corrected chi connectivity index (χ2v) is 4.63. The van der Waals surface area contributed by atoms with Crippen LogP contribution in [-0.4, -0.2) is 12.6 Å². The van der Waals surface area contributed by atoms with Crippen molar-refractivity contribution in [2.24, 2.45) is 0 Å². The van der Waals surface area contributed by atoms with Gasteiger partial charge in [-0.3, -0.25) is 0 Å². The molecule has 0 heterocycles. The number of halogens is 1. The highest BCUT2D eigenvalue weighted by atomic mass is 19.1. The van der Waals surface area contributed by atoms with Crippen LogP contribution in [0.25, 0.3) is 0 Å². The molecule has 21 heavy (non-hydrogen) atoms. The zero-order chi connectivity index (χ0) is 15.4. The maximum absolute atomic E-state index is 13.9. The maximum atomic E-state index is 13.9. The number of hydrogen-bond donors (Lipinski definition) is 2. The Morgan fingerprint density at radius 2 is 1.95 bits per heavy atom. The lowest BCUT2D eigenvalue weighted by Gasteiger charge is -2.13. The molecule has 0 amide bonds. The SMILES string of the molecule is CCOC(=O)c1cc(N)ccc1Nc1ccc(C)cc1F. The molecule has 0 unspecified atom stereocenters. The number of carbonyl (C=O) groups is 1. The van der Waals surface area contributed by atoms with E-state index in [-0.39, 0.29) is 23.7 Å². The summed E-state index contributed by atoms with van der Waals surface area (Å²) >= 11 is 0. The van der Waals surface area contributed by atoms with E-state index in [1.165, 1.54) is 12.1 Å². The quantitative estimate of drug-likeness (QED) is 0.666. The van der Waals surface area contributed by atoms with Gasteiger partial charge in [0, 0.05) is 5.69 Å². The lowest BCUT2D eigenvalue weighted by Crippen LogP contribution is -2.09. The molecule has 0 fully saturated rings. The number of hydrogen-bond acceptors (Lipinski definition) is 4. The number of benzene rings is 2. The monoisotopic (exact) mass is 288 g/mol. The van der Waals surface area contributed by atoms with Crippen molar-refractivity contribution in [1.82, 2.24) is 0 Å². The van der Waals surface area contributed by atoms with Gasteiger partial charge >= 0.3 is 5.97 Å². The predicted octanol–water partition coefficient (Wildman–Crippen LogP) is 3.64. The van der Waals surface area contributed by atoms with Crippen molar-refractivity contribution in [2.45, 2.75) is 13.8 Å². The van der Waals surface area contributed by atoms with Gasteiger partial charge in [-0.05, 0) is 49.7 Å². The Labute approximate surface area is 122 Å². The molecule has 5 heteroatoms. The summed E-state index contributed by atoms with van der Waals surface area (Å²) in [5, 5.41) is 2.90. The van der Waals surface area contributed by atoms with Gasteiger partial charge in [0.15, 0.2) is 0 Å². The van der Waals surface area contributed by atoms with Crippen molar-refractivity contribution >= 4 is 23.0 Å². The molecule has 0 saturated heterocycles. The number of ether oxygens (including phenoxy) is 1. The Balaban J connectivity index is 2.37. The largest absolute Gasteiger partial charge is 0.462 e. The molecule has 0 aliphatic heterocycles. The van der Waals surface area contributed by atoms with E-state index in [4.69, 9.17) is 10.5 Å². The van der Waals surface area contributed by atoms with Crippen molar-refractivity contribution in [1.29, 1.82) is 0 Å². The fourth-order valence-corrected chi connectivity index (χ4v) is 1.92. The molecular formula is C16H17FN2O2. The molecule has 0 bridgehead atoms. The molecule has 0 radical (unpaired) electrons. The minimum Gasteiger partial charge on any atom is -0.462 e. The molecule has 2 rings (SSSR count). The third kappa shape index (κ3) is 3.51. The summed E-state index contributed by atoms with van der Waals surface area (Å²) in [6, 6.07) is 9.59. The lowest BCUT2D eigenvalue weighted by atomic mass is 10.1. The number of nitrogens with two attached hydrogens (primary N) is 1. The number of carbonyl (C=O) groups excluding carboxylic acids is 1. The van der Waals surface area contributed by atoms with Crippen molar-refractivity contribution < 1.29 is 13.9 Å². The van der Waals surface area contributed by atoms with Crippen molar-refractivity contribution in [3.63, 3.8) is 0 Å². The summed E-state index contributed by atoms with van der Waals surface area (Å²) in [6.07, 6.45) is 0. The molecule has 0 atom stereocenters. The Morgan fingerprint density at radius 1 is 1.24 bits per heavy atom. The van der Waals surface area contributed by atoms with Crippen LogP contribution in [0.15, 0.2) is 36.4 Å². The van der Waals surface area contributed by atoms with E-state index in [0.717, 1.165) is 5.56 Å². The fourth-order valence-electron chi connectivity index (χ4n) is 1.92. The van der Waals surface area contributed by atoms with Gasteiger partial charge in [0.25, 0.3) is 0 Å². The van der Waals surface area contributed by atoms with Crippen LogP contribution >= 0.6 is 0 Å². The van der Waals surface area contributed by atoms with Crippen molar-refractivity contribution in [2.75, 3.05) is 17.7 Å². The van der Waals surface area contributed by atoms with Gasteiger partial charge in [0.2, 0.25) is 0 Å². The van der Waals surface area contributed by atoms with E-state index in [1.807, 2.05) is 0 Å². The molecule has 4 nitrogen and oxygen atoms in total. The first-order valence-electron chi connectivity index (χ1n) is 6.61. The summed E-state index contributed by atoms with van der Waals surface area (Å²) in [4.78, 5) is 11.9. The Kier molecular flexibility index (Phi) is 4.42. The van der Waals surface area contributed by atoms with E-state index in [1.54, 1.807) is 38.1 Å². The normalized spacial score (nSPS) is 10.2. The van der Waals surface area contributed by atoms with Crippen molar-refractivity contribution in [3.8, 4) is 0 Å². The number of rotatable bonds is 4. The van der Waals surface area contributed by atoms with Crippen LogP contribution < -0.4 is 11.1 Å². The van der Waals surface area contributed by atoms with E-state index in [2.05, 4.69) is 5.32 Å². The van der Waals surface area contributed by atoms with Gasteiger partial charge in [0.1, 0.15) is 5.82 Å². The number of nitrogens with one attached hydrogen (secondary N) is 1. The molecule has 0 aliphatic carbocycles. The average molecular weight is 288 g/mol. The summed E-state index contributed by atoms with van der Waals surface area (Å²) in [6.45, 7) is 3.78. The Morgan fingerprint density at radius 3 is 2.62 bits per heavy atom. The van der Waals surface area contributed by atoms with Gasteiger partial charge in [-0.1, -0.05) is 6.07 Å². The van der Waals surface area contributed by atoms with Crippen LogP contribution in [0.5, 0.6) is 0 Å². The summed E-state index contributed by atoms with van der Waals surface area (Å²) < 4.78 is 18.9. The maximum Gasteiger partial charge on any atom is 0.340 e. The van der Waals surface area contributed by atoms with Gasteiger partial charge in [-0.2, -0.15) is 0 Å². The predicted molar refractivity (Wildman–Crippen MR) is 81.2 cm³/mol. The first-order valence-corrected chi connectivity index (χ1v) is 6.61. The zero-order valence-corrected chi connectivity index (χ0v) is 11.9. The molecule has 110 valence electrons. The smallest absolute Gasteiger partial charge is 0.340 e. The Hall–Kier alpha value is -2.56. The third-order valence-corrected chi connectivity index (χ3v) is 2.93. The fraction of sp³-hybridized carbons (Fsp3) is 0.188. The standard InChI is InChI=1S/C16H17FN2O2/c1-3-21-16(20)12-9-11(18)5-7-14(12)19-15-6-4-10(2)8-13(15)17/h4-9,19H,3,18H2,1-2H3. The van der Waals surface area contributed by atoms with Gasteiger partial charge in [-0.25, -0.2) is 9.18 Å². The van der Waals surface area contributed by atoms with E-state index < -0.39 is 5.97 Å². The topological polar surface area (TPSA) is 64.3 Å². The third-order valence-electron chi connectivity index (χ3n) is 2.93. The summed E-state index contributed by atoms with van der Waals surface area (Å²) in [5.74, 6) is -0.888. The summed E-state index contributed by atoms with van der Waals surface area (Å²) in [7, 11) is 0. The van der Waals surface area contributed by atoms with Gasteiger partial charge in [0.05, 0.1) is 23.5 Å². The number of nitrogen functional groups attached to an aromatic ring is 1. The van der Waals surface area contributed by atoms with E-state index in [9.17, 15) is 9.18 Å². The molecule has 0 spiro atoms. The zero-order valence-electron chi connectivity index (χ0n) is 11.9. The molecule has 2 aromatic carbocycles. The highest BCUT2D eigenvalue weighted by molar-refractivity contribution is 5.97. The Bertz CT molecular complexity index is 671. The first kappa shape index (κ1) is 14.8. The highest BCUT2D eigenvalue weighted by Crippen LogP contribution is 2.26. The lowest BCUT2D eigenvalue weighted by molar-refractivity contribution is 0.0527. The second-order valence-electron chi connectivity index (χ2n) is 4.63. The van der Waals surface area contributed by atoms with Gasteiger partial charge < -0.3 is 15.8 Å². The number of anilines is 3. The van der Waals surface area contributed by atoms with E-state index >= 15 is 0 Å². The molecule has 0 aliphatic rings. The average Bonchev–Trinajstić information content (AvgIpc) is 2.43. The molecular weight excluding hydrogens is 271 g/mol. The van der Waals surface area contributed by atoms with Crippen molar-refractivity contribution in [3.05, 3.63) is 53.3 Å². The van der Waals surface area contributed by atoms with Crippen LogP contribution in [0.4, 0.5) is 21.5 Å². The first-order chi connectivity index (χ1) is 10.0. The number of aryl methyl sites for hydroxylation is 1. The van der Waals surface area contributed by atoms with Crippen LogP contribution in [0.3, 0.4) is 0 Å². The van der Waals surface area contributed by atoms with Crippen LogP contribution in [0.2, 0.25) is 0 Å². The summed E-state index contributed by atoms with van der Waals surface area (Å²) in [5.41, 5.74) is 7.97.